The van der Waals surface area contributed by atoms with Crippen LogP contribution in [-0.2, 0) is 9.53 Å². The van der Waals surface area contributed by atoms with Crippen LogP contribution in [0.4, 0.5) is 5.88 Å². The van der Waals surface area contributed by atoms with Crippen LogP contribution in [0, 0.1) is 6.92 Å². The number of anilines is 1. The van der Waals surface area contributed by atoms with E-state index in [9.17, 15) is 14.4 Å². The summed E-state index contributed by atoms with van der Waals surface area (Å²) < 4.78 is 21.6. The van der Waals surface area contributed by atoms with Crippen molar-refractivity contribution in [3.8, 4) is 11.5 Å². The first-order chi connectivity index (χ1) is 12.9. The number of aryl methyl sites for hydroxylation is 1. The Bertz CT molecular complexity index is 899. The molecular formula is C19H19NO7. The van der Waals surface area contributed by atoms with Crippen LogP contribution in [0.15, 0.2) is 28.7 Å². The minimum atomic E-state index is -0.943. The summed E-state index contributed by atoms with van der Waals surface area (Å²) in [5.41, 5.74) is -0.0257. The fourth-order valence-electron chi connectivity index (χ4n) is 2.80. The van der Waals surface area contributed by atoms with Crippen molar-refractivity contribution in [2.75, 3.05) is 18.5 Å². The third-order valence-electron chi connectivity index (χ3n) is 3.95. The maximum Gasteiger partial charge on any atom is 0.344 e. The third kappa shape index (κ3) is 3.64. The lowest BCUT2D eigenvalue weighted by Crippen LogP contribution is -2.40. The van der Waals surface area contributed by atoms with Crippen molar-refractivity contribution < 1.29 is 33.0 Å². The number of furan rings is 1. The lowest BCUT2D eigenvalue weighted by atomic mass is 10.1. The Morgan fingerprint density at radius 2 is 1.89 bits per heavy atom. The van der Waals surface area contributed by atoms with Gasteiger partial charge in [-0.25, -0.2) is 4.79 Å². The van der Waals surface area contributed by atoms with Crippen LogP contribution in [0.2, 0.25) is 0 Å². The Morgan fingerprint density at radius 3 is 2.56 bits per heavy atom. The number of ether oxygens (including phenoxy) is 3. The molecule has 1 unspecified atom stereocenters. The zero-order chi connectivity index (χ0) is 19.6. The van der Waals surface area contributed by atoms with E-state index in [0.29, 0.717) is 11.5 Å². The van der Waals surface area contributed by atoms with Crippen LogP contribution < -0.4 is 14.8 Å². The van der Waals surface area contributed by atoms with Crippen LogP contribution in [0.5, 0.6) is 11.5 Å². The number of carbonyl (C=O) groups is 3. The second-order valence-corrected chi connectivity index (χ2v) is 5.87. The van der Waals surface area contributed by atoms with Gasteiger partial charge in [-0.3, -0.25) is 14.9 Å². The number of nitrogens with one attached hydrogen (secondary N) is 1. The van der Waals surface area contributed by atoms with Crippen molar-refractivity contribution >= 4 is 23.5 Å². The van der Waals surface area contributed by atoms with E-state index < -0.39 is 18.0 Å². The summed E-state index contributed by atoms with van der Waals surface area (Å²) in [7, 11) is 0. The summed E-state index contributed by atoms with van der Waals surface area (Å²) in [5, 5.41) is 2.50. The zero-order valence-corrected chi connectivity index (χ0v) is 15.2. The van der Waals surface area contributed by atoms with Gasteiger partial charge in [-0.1, -0.05) is 12.1 Å². The molecule has 1 N–H and O–H groups in total. The van der Waals surface area contributed by atoms with Gasteiger partial charge >= 0.3 is 5.97 Å². The van der Waals surface area contributed by atoms with E-state index in [0.717, 1.165) is 0 Å². The van der Waals surface area contributed by atoms with Gasteiger partial charge in [-0.15, -0.1) is 0 Å². The van der Waals surface area contributed by atoms with Crippen molar-refractivity contribution in [3.63, 3.8) is 0 Å². The predicted molar refractivity (Wildman–Crippen MR) is 94.4 cm³/mol. The van der Waals surface area contributed by atoms with E-state index in [1.807, 2.05) is 0 Å². The largest absolute Gasteiger partial charge is 0.485 e. The average Bonchev–Trinajstić information content (AvgIpc) is 2.97. The molecule has 1 aliphatic heterocycles. The third-order valence-corrected chi connectivity index (χ3v) is 3.95. The summed E-state index contributed by atoms with van der Waals surface area (Å²) in [5.74, 6) is -0.641. The average molecular weight is 373 g/mol. The summed E-state index contributed by atoms with van der Waals surface area (Å²) >= 11 is 0. The highest BCUT2D eigenvalue weighted by molar-refractivity contribution is 6.11. The second-order valence-electron chi connectivity index (χ2n) is 5.87. The van der Waals surface area contributed by atoms with Crippen molar-refractivity contribution in [2.24, 2.45) is 0 Å². The van der Waals surface area contributed by atoms with Gasteiger partial charge in [0.1, 0.15) is 17.9 Å². The maximum atomic E-state index is 12.6. The Morgan fingerprint density at radius 1 is 1.19 bits per heavy atom. The number of benzene rings is 1. The summed E-state index contributed by atoms with van der Waals surface area (Å²) in [4.78, 5) is 36.8. The Balaban J connectivity index is 1.85. The van der Waals surface area contributed by atoms with Crippen molar-refractivity contribution in [1.29, 1.82) is 0 Å². The molecule has 0 aliphatic carbocycles. The minimum Gasteiger partial charge on any atom is -0.485 e. The van der Waals surface area contributed by atoms with Gasteiger partial charge in [-0.05, 0) is 32.9 Å². The minimum absolute atomic E-state index is 0.00313. The first-order valence-electron chi connectivity index (χ1n) is 8.43. The van der Waals surface area contributed by atoms with E-state index in [1.165, 1.54) is 13.8 Å². The summed E-state index contributed by atoms with van der Waals surface area (Å²) in [6.07, 6.45) is -0.943. The molecule has 1 aliphatic rings. The molecule has 8 nitrogen and oxygen atoms in total. The molecule has 1 aromatic heterocycles. The molecule has 2 heterocycles. The fraction of sp³-hybridized carbons (Fsp3) is 0.316. The number of rotatable bonds is 5. The van der Waals surface area contributed by atoms with Crippen LogP contribution in [-0.4, -0.2) is 37.0 Å². The predicted octanol–water partition coefficient (Wildman–Crippen LogP) is 2.75. The molecule has 1 amide bonds. The van der Waals surface area contributed by atoms with Gasteiger partial charge in [0.25, 0.3) is 5.91 Å². The van der Waals surface area contributed by atoms with Gasteiger partial charge in [0.2, 0.25) is 12.0 Å². The number of para-hydroxylation sites is 2. The molecule has 3 rings (SSSR count). The molecule has 27 heavy (non-hydrogen) atoms. The molecule has 0 bridgehead atoms. The van der Waals surface area contributed by atoms with Gasteiger partial charge in [0.05, 0.1) is 12.2 Å². The summed E-state index contributed by atoms with van der Waals surface area (Å²) in [6.45, 7) is 4.59. The number of hydrogen-bond donors (Lipinski definition) is 1. The van der Waals surface area contributed by atoms with Crippen molar-refractivity contribution in [1.82, 2.24) is 0 Å². The molecule has 1 atom stereocenters. The van der Waals surface area contributed by atoms with Crippen molar-refractivity contribution in [2.45, 2.75) is 26.9 Å². The highest BCUT2D eigenvalue weighted by Gasteiger charge is 2.32. The van der Waals surface area contributed by atoms with Gasteiger partial charge < -0.3 is 18.6 Å². The number of amides is 1. The Hall–Kier alpha value is -3.29. The molecule has 142 valence electrons. The van der Waals surface area contributed by atoms with Crippen LogP contribution in [0.3, 0.4) is 0 Å². The quantitative estimate of drug-likeness (QED) is 0.635. The maximum absolute atomic E-state index is 12.6. The normalized spacial score (nSPS) is 15.1. The molecule has 8 heteroatoms. The lowest BCUT2D eigenvalue weighted by Gasteiger charge is -2.25. The molecule has 2 aromatic rings. The molecule has 0 saturated carbocycles. The monoisotopic (exact) mass is 373 g/mol. The van der Waals surface area contributed by atoms with Gasteiger partial charge in [-0.2, -0.15) is 0 Å². The SMILES string of the molecule is CCOC(=O)c1c(NC(=O)C2COc3ccccc3O2)oc(C)c1C(C)=O. The fourth-order valence-corrected chi connectivity index (χ4v) is 2.80. The molecular weight excluding hydrogens is 354 g/mol. The number of esters is 1. The Kier molecular flexibility index (Phi) is 5.16. The molecule has 1 aromatic carbocycles. The molecule has 0 fully saturated rings. The van der Waals surface area contributed by atoms with Gasteiger partial charge in [0.15, 0.2) is 17.3 Å². The zero-order valence-electron chi connectivity index (χ0n) is 15.2. The van der Waals surface area contributed by atoms with Crippen LogP contribution >= 0.6 is 0 Å². The van der Waals surface area contributed by atoms with E-state index in [4.69, 9.17) is 18.6 Å². The highest BCUT2D eigenvalue weighted by Crippen LogP contribution is 2.32. The number of fused-ring (bicyclic) bond motifs is 1. The van der Waals surface area contributed by atoms with Crippen molar-refractivity contribution in [3.05, 3.63) is 41.2 Å². The number of Topliss-reactive ketones (excluding diaryl/α,β-unsaturated/α-hetero) is 1. The number of ketones is 1. The first-order valence-corrected chi connectivity index (χ1v) is 8.43. The molecule has 0 saturated heterocycles. The highest BCUT2D eigenvalue weighted by atomic mass is 16.6. The first kappa shape index (κ1) is 18.5. The number of hydrogen-bond acceptors (Lipinski definition) is 7. The van der Waals surface area contributed by atoms with Gasteiger partial charge in [0, 0.05) is 0 Å². The standard InChI is InChI=1S/C19H19NO7/c1-4-24-19(23)16-15(10(2)21)11(3)26-18(16)20-17(22)14-9-25-12-7-5-6-8-13(12)27-14/h5-8,14H,4,9H2,1-3H3,(H,20,22). The van der Waals surface area contributed by atoms with E-state index in [1.54, 1.807) is 31.2 Å². The lowest BCUT2D eigenvalue weighted by molar-refractivity contribution is -0.125. The van der Waals surface area contributed by atoms with Crippen LogP contribution in [0.1, 0.15) is 40.3 Å². The van der Waals surface area contributed by atoms with E-state index in [-0.39, 0.29) is 41.8 Å². The smallest absolute Gasteiger partial charge is 0.344 e. The van der Waals surface area contributed by atoms with E-state index >= 15 is 0 Å². The van der Waals surface area contributed by atoms with Crippen LogP contribution in [0.25, 0.3) is 0 Å². The summed E-state index contributed by atoms with van der Waals surface area (Å²) in [6, 6.07) is 6.97. The number of carbonyl (C=O) groups excluding carboxylic acids is 3. The Labute approximate surface area is 155 Å². The molecule has 0 radical (unpaired) electrons. The topological polar surface area (TPSA) is 104 Å². The second kappa shape index (κ2) is 7.53. The molecule has 0 spiro atoms. The van der Waals surface area contributed by atoms with E-state index in [2.05, 4.69) is 5.32 Å².